The minimum absolute atomic E-state index is 0.193. The van der Waals surface area contributed by atoms with Crippen molar-refractivity contribution in [3.05, 3.63) is 35.4 Å². The third-order valence-corrected chi connectivity index (χ3v) is 4.50. The van der Waals surface area contributed by atoms with Crippen LogP contribution in [-0.2, 0) is 10.0 Å². The van der Waals surface area contributed by atoms with Crippen molar-refractivity contribution < 1.29 is 13.2 Å². The maximum atomic E-state index is 11.7. The molecule has 0 aliphatic carbocycles. The predicted molar refractivity (Wildman–Crippen MR) is 75.6 cm³/mol. The number of carbonyl (C=O) groups excluding carboxylic acids is 1. The first-order chi connectivity index (χ1) is 8.83. The van der Waals surface area contributed by atoms with Crippen molar-refractivity contribution in [2.45, 2.75) is 26.0 Å². The number of hydrogen-bond donors (Lipinski definition) is 2. The van der Waals surface area contributed by atoms with Gasteiger partial charge in [-0.15, -0.1) is 0 Å². The van der Waals surface area contributed by atoms with E-state index >= 15 is 0 Å². The van der Waals surface area contributed by atoms with Gasteiger partial charge in [0.2, 0.25) is 10.0 Å². The summed E-state index contributed by atoms with van der Waals surface area (Å²) in [4.78, 5) is 11.7. The first-order valence-electron chi connectivity index (χ1n) is 6.16. The van der Waals surface area contributed by atoms with Crippen molar-refractivity contribution in [2.24, 2.45) is 0 Å². The van der Waals surface area contributed by atoms with Gasteiger partial charge in [-0.3, -0.25) is 4.79 Å². The molecular weight excluding hydrogens is 264 g/mol. The summed E-state index contributed by atoms with van der Waals surface area (Å²) in [5.74, 6) is -0.205. The fraction of sp³-hybridized carbons (Fsp3) is 0.462. The number of amides is 1. The summed E-state index contributed by atoms with van der Waals surface area (Å²) in [5, 5.41) is 2.19. The number of nitrogens with one attached hydrogen (secondary N) is 2. The van der Waals surface area contributed by atoms with E-state index < -0.39 is 15.3 Å². The van der Waals surface area contributed by atoms with E-state index in [1.807, 2.05) is 19.1 Å². The lowest BCUT2D eigenvalue weighted by Crippen LogP contribution is -2.37. The highest BCUT2D eigenvalue weighted by Crippen LogP contribution is 2.02. The van der Waals surface area contributed by atoms with E-state index in [4.69, 9.17) is 0 Å². The van der Waals surface area contributed by atoms with Crippen LogP contribution in [-0.4, -0.2) is 32.7 Å². The minimum atomic E-state index is -3.27. The van der Waals surface area contributed by atoms with E-state index in [9.17, 15) is 13.2 Å². The molecule has 106 valence electrons. The Morgan fingerprint density at radius 1 is 1.16 bits per heavy atom. The van der Waals surface area contributed by atoms with E-state index in [-0.39, 0.29) is 19.0 Å². The van der Waals surface area contributed by atoms with E-state index in [2.05, 4.69) is 10.0 Å². The third kappa shape index (κ3) is 5.00. The number of sulfonamides is 1. The lowest BCUT2D eigenvalue weighted by molar-refractivity contribution is 0.0954. The summed E-state index contributed by atoms with van der Waals surface area (Å²) >= 11 is 0. The van der Waals surface area contributed by atoms with Crippen LogP contribution < -0.4 is 10.0 Å². The van der Waals surface area contributed by atoms with Gasteiger partial charge in [-0.2, -0.15) is 0 Å². The average molecular weight is 284 g/mol. The van der Waals surface area contributed by atoms with Crippen LogP contribution in [0.2, 0.25) is 0 Å². The molecule has 0 spiro atoms. The fourth-order valence-electron chi connectivity index (χ4n) is 1.34. The molecule has 0 aromatic heterocycles. The van der Waals surface area contributed by atoms with Gasteiger partial charge < -0.3 is 5.32 Å². The van der Waals surface area contributed by atoms with Crippen molar-refractivity contribution in [3.63, 3.8) is 0 Å². The summed E-state index contributed by atoms with van der Waals surface area (Å²) in [5.41, 5.74) is 1.65. The molecule has 5 nitrogen and oxygen atoms in total. The molecule has 1 aromatic rings. The van der Waals surface area contributed by atoms with Crippen LogP contribution >= 0.6 is 0 Å². The number of hydrogen-bond acceptors (Lipinski definition) is 3. The Balaban J connectivity index is 2.38. The molecule has 0 aliphatic heterocycles. The molecule has 0 aliphatic rings. The summed E-state index contributed by atoms with van der Waals surface area (Å²) in [7, 11) is -3.27. The number of aryl methyl sites for hydroxylation is 1. The van der Waals surface area contributed by atoms with Crippen LogP contribution in [0, 0.1) is 6.92 Å². The molecular formula is C13H20N2O3S. The second-order valence-electron chi connectivity index (χ2n) is 4.61. The van der Waals surface area contributed by atoms with Gasteiger partial charge in [-0.05, 0) is 32.9 Å². The number of rotatable bonds is 6. The highest BCUT2D eigenvalue weighted by molar-refractivity contribution is 7.90. The zero-order chi connectivity index (χ0) is 14.5. The van der Waals surface area contributed by atoms with Gasteiger partial charge in [0.15, 0.2) is 0 Å². The number of benzene rings is 1. The first-order valence-corrected chi connectivity index (χ1v) is 7.71. The maximum absolute atomic E-state index is 11.7. The van der Waals surface area contributed by atoms with Gasteiger partial charge in [-0.1, -0.05) is 17.7 Å². The lowest BCUT2D eigenvalue weighted by Gasteiger charge is -2.10. The molecule has 0 saturated heterocycles. The monoisotopic (exact) mass is 284 g/mol. The molecule has 0 bridgehead atoms. The second-order valence-corrected chi connectivity index (χ2v) is 6.93. The highest BCUT2D eigenvalue weighted by atomic mass is 32.2. The average Bonchev–Trinajstić information content (AvgIpc) is 2.35. The predicted octanol–water partition coefficient (Wildman–Crippen LogP) is 1.05. The van der Waals surface area contributed by atoms with Crippen LogP contribution in [0.25, 0.3) is 0 Å². The molecule has 0 fully saturated rings. The smallest absolute Gasteiger partial charge is 0.251 e. The van der Waals surface area contributed by atoms with Gasteiger partial charge in [0.05, 0.1) is 5.25 Å². The Morgan fingerprint density at radius 2 is 1.74 bits per heavy atom. The zero-order valence-electron chi connectivity index (χ0n) is 11.4. The Bertz CT molecular complexity index is 521. The van der Waals surface area contributed by atoms with E-state index in [0.29, 0.717) is 5.56 Å². The molecule has 0 heterocycles. The fourth-order valence-corrected chi connectivity index (χ4v) is 2.06. The maximum Gasteiger partial charge on any atom is 0.251 e. The Hall–Kier alpha value is -1.40. The Kier molecular flexibility index (Phi) is 5.50. The first kappa shape index (κ1) is 15.7. The quantitative estimate of drug-likeness (QED) is 0.767. The van der Waals surface area contributed by atoms with Gasteiger partial charge in [0, 0.05) is 18.7 Å². The van der Waals surface area contributed by atoms with Crippen molar-refractivity contribution in [2.75, 3.05) is 13.1 Å². The highest BCUT2D eigenvalue weighted by Gasteiger charge is 2.14. The van der Waals surface area contributed by atoms with Crippen LogP contribution in [0.15, 0.2) is 24.3 Å². The summed E-state index contributed by atoms with van der Waals surface area (Å²) < 4.78 is 25.3. The molecule has 1 amide bonds. The largest absolute Gasteiger partial charge is 0.351 e. The summed E-state index contributed by atoms with van der Waals surface area (Å²) in [6.45, 7) is 5.61. The molecule has 0 unspecified atom stereocenters. The Labute approximate surface area is 114 Å². The molecule has 1 aromatic carbocycles. The third-order valence-electron chi connectivity index (χ3n) is 2.65. The van der Waals surface area contributed by atoms with Gasteiger partial charge in [0.25, 0.3) is 5.91 Å². The standard InChI is InChI=1S/C13H20N2O3S/c1-10(2)19(17,18)15-9-8-14-13(16)12-6-4-11(3)5-7-12/h4-7,10,15H,8-9H2,1-3H3,(H,14,16). The molecule has 2 N–H and O–H groups in total. The van der Waals surface area contributed by atoms with Gasteiger partial charge in [0.1, 0.15) is 0 Å². The van der Waals surface area contributed by atoms with E-state index in [0.717, 1.165) is 5.56 Å². The topological polar surface area (TPSA) is 75.3 Å². The molecule has 0 radical (unpaired) electrons. The zero-order valence-corrected chi connectivity index (χ0v) is 12.3. The molecule has 0 saturated carbocycles. The molecule has 19 heavy (non-hydrogen) atoms. The molecule has 6 heteroatoms. The number of carbonyl (C=O) groups is 1. The lowest BCUT2D eigenvalue weighted by atomic mass is 10.1. The van der Waals surface area contributed by atoms with Crippen LogP contribution in [0.5, 0.6) is 0 Å². The van der Waals surface area contributed by atoms with Crippen molar-refractivity contribution in [3.8, 4) is 0 Å². The van der Waals surface area contributed by atoms with Gasteiger partial charge in [-0.25, -0.2) is 13.1 Å². The van der Waals surface area contributed by atoms with Crippen molar-refractivity contribution >= 4 is 15.9 Å². The van der Waals surface area contributed by atoms with E-state index in [1.54, 1.807) is 26.0 Å². The van der Waals surface area contributed by atoms with Crippen LogP contribution in [0.4, 0.5) is 0 Å². The van der Waals surface area contributed by atoms with Crippen LogP contribution in [0.3, 0.4) is 0 Å². The van der Waals surface area contributed by atoms with Crippen molar-refractivity contribution in [1.82, 2.24) is 10.0 Å². The van der Waals surface area contributed by atoms with E-state index in [1.165, 1.54) is 0 Å². The van der Waals surface area contributed by atoms with Gasteiger partial charge >= 0.3 is 0 Å². The summed E-state index contributed by atoms with van der Waals surface area (Å²) in [6.07, 6.45) is 0. The normalized spacial score (nSPS) is 11.6. The van der Waals surface area contributed by atoms with Crippen molar-refractivity contribution in [1.29, 1.82) is 0 Å². The van der Waals surface area contributed by atoms with Crippen LogP contribution in [0.1, 0.15) is 29.8 Å². The summed E-state index contributed by atoms with van der Waals surface area (Å²) in [6, 6.07) is 7.19. The molecule has 1 rings (SSSR count). The second kappa shape index (κ2) is 6.68. The SMILES string of the molecule is Cc1ccc(C(=O)NCCNS(=O)(=O)C(C)C)cc1. The Morgan fingerprint density at radius 3 is 2.26 bits per heavy atom. The minimum Gasteiger partial charge on any atom is -0.351 e. The molecule has 0 atom stereocenters.